The van der Waals surface area contributed by atoms with E-state index in [9.17, 15) is 4.79 Å². The molecule has 158 valence electrons. The summed E-state index contributed by atoms with van der Waals surface area (Å²) in [6.07, 6.45) is 3.36. The molecule has 1 aliphatic rings. The van der Waals surface area contributed by atoms with Crippen molar-refractivity contribution in [2.45, 2.75) is 32.9 Å². The van der Waals surface area contributed by atoms with Crippen molar-refractivity contribution >= 4 is 53.0 Å². The quantitative estimate of drug-likeness (QED) is 0.292. The fourth-order valence-electron chi connectivity index (χ4n) is 3.30. The molecule has 0 aromatic carbocycles. The molecule has 1 fully saturated rings. The molecule has 0 unspecified atom stereocenters. The van der Waals surface area contributed by atoms with Gasteiger partial charge in [-0.2, -0.15) is 0 Å². The van der Waals surface area contributed by atoms with Gasteiger partial charge in [0.2, 0.25) is 5.91 Å². The van der Waals surface area contributed by atoms with E-state index in [1.54, 1.807) is 11.3 Å². The number of pyridine rings is 1. The number of guanidine groups is 1. The minimum Gasteiger partial charge on any atom is -0.369 e. The van der Waals surface area contributed by atoms with E-state index in [-0.39, 0.29) is 35.8 Å². The molecule has 0 aliphatic carbocycles. The number of nitrogens with two attached hydrogens (primary N) is 1. The molecule has 1 saturated heterocycles. The summed E-state index contributed by atoms with van der Waals surface area (Å²) in [7, 11) is 0. The fraction of sp³-hybridized carbons (Fsp3) is 0.450. The molecule has 1 aliphatic heterocycles. The summed E-state index contributed by atoms with van der Waals surface area (Å²) in [4.78, 5) is 24.2. The lowest BCUT2D eigenvalue weighted by Crippen LogP contribution is -2.39. The van der Waals surface area contributed by atoms with E-state index in [1.165, 1.54) is 4.88 Å². The number of hydrogen-bond donors (Lipinski definition) is 3. The van der Waals surface area contributed by atoms with Crippen molar-refractivity contribution in [1.29, 1.82) is 0 Å². The normalized spacial score (nSPS) is 14.9. The maximum Gasteiger partial charge on any atom is 0.220 e. The van der Waals surface area contributed by atoms with Crippen molar-refractivity contribution in [1.82, 2.24) is 15.6 Å². The van der Waals surface area contributed by atoms with E-state index < -0.39 is 0 Å². The monoisotopic (exact) mass is 528 g/mol. The molecule has 2 aromatic heterocycles. The number of aromatic nitrogens is 1. The number of halogens is 1. The highest BCUT2D eigenvalue weighted by atomic mass is 127. The predicted molar refractivity (Wildman–Crippen MR) is 130 cm³/mol. The van der Waals surface area contributed by atoms with E-state index in [0.717, 1.165) is 56.4 Å². The van der Waals surface area contributed by atoms with Crippen LogP contribution in [0, 0.1) is 5.92 Å². The van der Waals surface area contributed by atoms with E-state index in [1.807, 2.05) is 12.3 Å². The Morgan fingerprint density at radius 1 is 1.31 bits per heavy atom. The second kappa shape index (κ2) is 12.0. The summed E-state index contributed by atoms with van der Waals surface area (Å²) < 4.78 is 0. The van der Waals surface area contributed by atoms with Crippen molar-refractivity contribution in [2.24, 2.45) is 16.6 Å². The van der Waals surface area contributed by atoms with E-state index >= 15 is 0 Å². The minimum atomic E-state index is -0.197. The molecular formula is C20H29IN6OS. The van der Waals surface area contributed by atoms with Crippen molar-refractivity contribution in [3.05, 3.63) is 46.3 Å². The van der Waals surface area contributed by atoms with Gasteiger partial charge in [0, 0.05) is 42.2 Å². The van der Waals surface area contributed by atoms with Gasteiger partial charge in [0.25, 0.3) is 0 Å². The first-order valence-corrected chi connectivity index (χ1v) is 10.6. The number of carbonyl (C=O) groups is 1. The molecule has 9 heteroatoms. The van der Waals surface area contributed by atoms with Gasteiger partial charge in [-0.25, -0.2) is 9.98 Å². The molecule has 0 saturated carbocycles. The van der Waals surface area contributed by atoms with Gasteiger partial charge in [-0.3, -0.25) is 4.79 Å². The number of rotatable bonds is 7. The second-order valence-corrected chi connectivity index (χ2v) is 7.81. The SMILES string of the molecule is CCNC(=NCc1cccnc1N1CCC(C(N)=O)CC1)NCc1cccs1.I. The summed E-state index contributed by atoms with van der Waals surface area (Å²) >= 11 is 1.73. The zero-order valence-electron chi connectivity index (χ0n) is 16.6. The van der Waals surface area contributed by atoms with Crippen LogP contribution < -0.4 is 21.3 Å². The molecule has 0 radical (unpaired) electrons. The van der Waals surface area contributed by atoms with Gasteiger partial charge in [-0.1, -0.05) is 12.1 Å². The second-order valence-electron chi connectivity index (χ2n) is 6.78. The average Bonchev–Trinajstić information content (AvgIpc) is 3.24. The lowest BCUT2D eigenvalue weighted by atomic mass is 9.96. The highest BCUT2D eigenvalue weighted by Crippen LogP contribution is 2.24. The first-order valence-electron chi connectivity index (χ1n) is 9.70. The van der Waals surface area contributed by atoms with Crippen molar-refractivity contribution in [3.63, 3.8) is 0 Å². The van der Waals surface area contributed by atoms with Gasteiger partial charge in [-0.05, 0) is 37.3 Å². The van der Waals surface area contributed by atoms with Crippen LogP contribution in [0.4, 0.5) is 5.82 Å². The summed E-state index contributed by atoms with van der Waals surface area (Å²) in [6.45, 7) is 5.73. The molecule has 2 aromatic rings. The fourth-order valence-corrected chi connectivity index (χ4v) is 3.95. The molecule has 3 heterocycles. The van der Waals surface area contributed by atoms with Gasteiger partial charge >= 0.3 is 0 Å². The third-order valence-electron chi connectivity index (χ3n) is 4.83. The Bertz CT molecular complexity index is 790. The van der Waals surface area contributed by atoms with Crippen LogP contribution in [0.3, 0.4) is 0 Å². The Balaban J connectivity index is 0.00000300. The minimum absolute atomic E-state index is 0. The summed E-state index contributed by atoms with van der Waals surface area (Å²) in [5.41, 5.74) is 6.53. The molecular weight excluding hydrogens is 499 g/mol. The molecule has 0 bridgehead atoms. The van der Waals surface area contributed by atoms with Crippen LogP contribution in [-0.2, 0) is 17.9 Å². The van der Waals surface area contributed by atoms with Crippen LogP contribution in [0.15, 0.2) is 40.8 Å². The Hall–Kier alpha value is -1.88. The zero-order valence-corrected chi connectivity index (χ0v) is 19.8. The topological polar surface area (TPSA) is 95.6 Å². The number of nitrogens with one attached hydrogen (secondary N) is 2. The molecule has 3 rings (SSSR count). The van der Waals surface area contributed by atoms with E-state index in [4.69, 9.17) is 10.7 Å². The first kappa shape index (κ1) is 23.4. The number of anilines is 1. The smallest absolute Gasteiger partial charge is 0.220 e. The molecule has 1 amide bonds. The van der Waals surface area contributed by atoms with Gasteiger partial charge in [0.1, 0.15) is 5.82 Å². The van der Waals surface area contributed by atoms with Crippen molar-refractivity contribution in [2.75, 3.05) is 24.5 Å². The van der Waals surface area contributed by atoms with Crippen LogP contribution in [0.1, 0.15) is 30.2 Å². The number of nitrogens with zero attached hydrogens (tertiary/aromatic N) is 3. The highest BCUT2D eigenvalue weighted by molar-refractivity contribution is 14.0. The van der Waals surface area contributed by atoms with Crippen LogP contribution >= 0.6 is 35.3 Å². The first-order chi connectivity index (χ1) is 13.7. The zero-order chi connectivity index (χ0) is 19.8. The van der Waals surface area contributed by atoms with Gasteiger partial charge in [0.05, 0.1) is 13.1 Å². The Morgan fingerprint density at radius 3 is 2.76 bits per heavy atom. The van der Waals surface area contributed by atoms with Crippen molar-refractivity contribution in [3.8, 4) is 0 Å². The van der Waals surface area contributed by atoms with Crippen molar-refractivity contribution < 1.29 is 4.79 Å². The molecule has 0 atom stereocenters. The number of carbonyl (C=O) groups excluding carboxylic acids is 1. The standard InChI is InChI=1S/C20H28N6OS.HI/c1-2-22-20(25-14-17-6-4-12-28-17)24-13-16-5-3-9-23-19(16)26-10-7-15(8-11-26)18(21)27;/h3-6,9,12,15H,2,7-8,10-11,13-14H2,1H3,(H2,21,27)(H2,22,24,25);1H. The largest absolute Gasteiger partial charge is 0.369 e. The maximum atomic E-state index is 11.4. The molecule has 29 heavy (non-hydrogen) atoms. The lowest BCUT2D eigenvalue weighted by molar-refractivity contribution is -0.122. The number of primary amides is 1. The number of piperidine rings is 1. The Morgan fingerprint density at radius 2 is 2.10 bits per heavy atom. The predicted octanol–water partition coefficient (Wildman–Crippen LogP) is 2.72. The van der Waals surface area contributed by atoms with Crippen LogP contribution in [0.2, 0.25) is 0 Å². The molecule has 7 nitrogen and oxygen atoms in total. The molecule has 0 spiro atoms. The van der Waals surface area contributed by atoms with Gasteiger partial charge in [0.15, 0.2) is 5.96 Å². The number of thiophene rings is 1. The van der Waals surface area contributed by atoms with Crippen LogP contribution in [0.5, 0.6) is 0 Å². The number of hydrogen-bond acceptors (Lipinski definition) is 5. The third kappa shape index (κ3) is 6.84. The maximum absolute atomic E-state index is 11.4. The number of aliphatic imine (C=N–C) groups is 1. The summed E-state index contributed by atoms with van der Waals surface area (Å²) in [6, 6.07) is 8.16. The van der Waals surface area contributed by atoms with E-state index in [2.05, 4.69) is 51.0 Å². The summed E-state index contributed by atoms with van der Waals surface area (Å²) in [5, 5.41) is 8.74. The number of amides is 1. The summed E-state index contributed by atoms with van der Waals surface area (Å²) in [5.74, 6) is 1.52. The lowest BCUT2D eigenvalue weighted by Gasteiger charge is -2.32. The average molecular weight is 528 g/mol. The highest BCUT2D eigenvalue weighted by Gasteiger charge is 2.24. The Kier molecular flexibility index (Phi) is 9.65. The molecule has 4 N–H and O–H groups in total. The third-order valence-corrected chi connectivity index (χ3v) is 5.70. The Labute approximate surface area is 193 Å². The van der Waals surface area contributed by atoms with Gasteiger partial charge < -0.3 is 21.3 Å². The van der Waals surface area contributed by atoms with Crippen LogP contribution in [-0.4, -0.2) is 36.5 Å². The van der Waals surface area contributed by atoms with E-state index in [0.29, 0.717) is 6.54 Å². The van der Waals surface area contributed by atoms with Crippen LogP contribution in [0.25, 0.3) is 0 Å². The van der Waals surface area contributed by atoms with Gasteiger partial charge in [-0.15, -0.1) is 35.3 Å².